The summed E-state index contributed by atoms with van der Waals surface area (Å²) in [4.78, 5) is 11.4. The molecule has 1 aliphatic rings. The predicted octanol–water partition coefficient (Wildman–Crippen LogP) is 1.30. The Balaban J connectivity index is 2.30. The Morgan fingerprint density at radius 1 is 1.56 bits per heavy atom. The molecule has 1 heterocycles. The van der Waals surface area contributed by atoms with E-state index < -0.39 is 11.7 Å². The molecule has 90 valence electrons. The first-order chi connectivity index (χ1) is 7.42. The normalized spacial score (nSPS) is 24.9. The molecule has 2 atom stereocenters. The van der Waals surface area contributed by atoms with Gasteiger partial charge in [0.25, 0.3) is 0 Å². The average molecular weight is 226 g/mol. The summed E-state index contributed by atoms with van der Waals surface area (Å²) in [6, 6.07) is 2.17. The molecule has 1 amide bonds. The van der Waals surface area contributed by atoms with Gasteiger partial charge in [0, 0.05) is 12.5 Å². The molecule has 2 unspecified atom stereocenters. The van der Waals surface area contributed by atoms with Gasteiger partial charge in [-0.25, -0.2) is 4.79 Å². The van der Waals surface area contributed by atoms with Crippen molar-refractivity contribution in [3.63, 3.8) is 0 Å². The third-order valence-corrected chi connectivity index (χ3v) is 2.27. The Morgan fingerprint density at radius 2 is 2.25 bits per heavy atom. The minimum Gasteiger partial charge on any atom is -0.444 e. The number of hydrogen-bond donors (Lipinski definition) is 1. The van der Waals surface area contributed by atoms with Crippen molar-refractivity contribution in [3.05, 3.63) is 0 Å². The molecule has 0 aromatic carbocycles. The zero-order valence-electron chi connectivity index (χ0n) is 9.95. The number of alkyl carbamates (subject to hydrolysis) is 1. The second-order valence-corrected chi connectivity index (χ2v) is 4.92. The smallest absolute Gasteiger partial charge is 0.407 e. The van der Waals surface area contributed by atoms with E-state index in [0.717, 1.165) is 0 Å². The summed E-state index contributed by atoms with van der Waals surface area (Å²) in [5.41, 5.74) is -0.495. The van der Waals surface area contributed by atoms with Crippen molar-refractivity contribution in [2.24, 2.45) is 11.8 Å². The number of nitriles is 1. The summed E-state index contributed by atoms with van der Waals surface area (Å²) in [6.07, 6.45) is -0.448. The molecule has 0 aromatic heterocycles. The third-order valence-electron chi connectivity index (χ3n) is 2.27. The highest BCUT2D eigenvalue weighted by molar-refractivity contribution is 5.67. The number of carbonyl (C=O) groups is 1. The summed E-state index contributed by atoms with van der Waals surface area (Å²) in [7, 11) is 0. The van der Waals surface area contributed by atoms with Crippen LogP contribution < -0.4 is 5.32 Å². The van der Waals surface area contributed by atoms with Crippen molar-refractivity contribution < 1.29 is 14.3 Å². The molecule has 1 saturated heterocycles. The first-order valence-corrected chi connectivity index (χ1v) is 5.36. The lowest BCUT2D eigenvalue weighted by Gasteiger charge is -2.20. The number of nitrogens with zero attached hydrogens (tertiary/aromatic N) is 1. The summed E-state index contributed by atoms with van der Waals surface area (Å²) < 4.78 is 10.3. The average Bonchev–Trinajstić information content (AvgIpc) is 2.59. The molecule has 16 heavy (non-hydrogen) atoms. The number of rotatable bonds is 2. The number of nitrogens with one attached hydrogen (secondary N) is 1. The molecule has 1 aliphatic heterocycles. The van der Waals surface area contributed by atoms with E-state index >= 15 is 0 Å². The van der Waals surface area contributed by atoms with E-state index in [1.807, 2.05) is 20.8 Å². The first-order valence-electron chi connectivity index (χ1n) is 5.36. The standard InChI is InChI=1S/C11H18N2O3/c1-11(2,3)16-10(14)13-5-9-7-15-6-8(9)4-12/h8-9H,5-7H2,1-3H3,(H,13,14). The molecule has 1 fully saturated rings. The maximum Gasteiger partial charge on any atom is 0.407 e. The van der Waals surface area contributed by atoms with E-state index in [-0.39, 0.29) is 11.8 Å². The summed E-state index contributed by atoms with van der Waals surface area (Å²) in [5.74, 6) is -0.0625. The Morgan fingerprint density at radius 3 is 2.81 bits per heavy atom. The van der Waals surface area contributed by atoms with Crippen LogP contribution in [0.2, 0.25) is 0 Å². The van der Waals surface area contributed by atoms with Crippen molar-refractivity contribution in [1.29, 1.82) is 5.26 Å². The molecule has 0 spiro atoms. The van der Waals surface area contributed by atoms with Crippen LogP contribution in [0.25, 0.3) is 0 Å². The summed E-state index contributed by atoms with van der Waals surface area (Å²) in [5, 5.41) is 11.5. The van der Waals surface area contributed by atoms with Crippen LogP contribution in [-0.2, 0) is 9.47 Å². The predicted molar refractivity (Wildman–Crippen MR) is 57.6 cm³/mol. The molecular weight excluding hydrogens is 208 g/mol. The van der Waals surface area contributed by atoms with Crippen LogP contribution in [0, 0.1) is 23.2 Å². The van der Waals surface area contributed by atoms with Gasteiger partial charge in [0.1, 0.15) is 5.60 Å². The van der Waals surface area contributed by atoms with Gasteiger partial charge in [0.15, 0.2) is 0 Å². The van der Waals surface area contributed by atoms with E-state index in [1.165, 1.54) is 0 Å². The monoisotopic (exact) mass is 226 g/mol. The molecule has 5 heteroatoms. The molecule has 0 radical (unpaired) electrons. The van der Waals surface area contributed by atoms with Gasteiger partial charge in [0.2, 0.25) is 0 Å². The first kappa shape index (κ1) is 12.8. The maximum absolute atomic E-state index is 11.4. The van der Waals surface area contributed by atoms with Gasteiger partial charge in [-0.3, -0.25) is 0 Å². The largest absolute Gasteiger partial charge is 0.444 e. The van der Waals surface area contributed by atoms with Crippen molar-refractivity contribution in [3.8, 4) is 6.07 Å². The minimum atomic E-state index is -0.495. The highest BCUT2D eigenvalue weighted by Gasteiger charge is 2.28. The molecule has 1 rings (SSSR count). The van der Waals surface area contributed by atoms with E-state index in [9.17, 15) is 4.79 Å². The maximum atomic E-state index is 11.4. The SMILES string of the molecule is CC(C)(C)OC(=O)NCC1COCC1C#N. The van der Waals surface area contributed by atoms with Crippen LogP contribution in [0.1, 0.15) is 20.8 Å². The van der Waals surface area contributed by atoms with Gasteiger partial charge >= 0.3 is 6.09 Å². The molecular formula is C11H18N2O3. The van der Waals surface area contributed by atoms with Gasteiger partial charge in [0.05, 0.1) is 25.2 Å². The lowest BCUT2D eigenvalue weighted by atomic mass is 9.98. The van der Waals surface area contributed by atoms with Gasteiger partial charge in [-0.05, 0) is 20.8 Å². The Bertz CT molecular complexity index is 291. The van der Waals surface area contributed by atoms with Gasteiger partial charge in [-0.1, -0.05) is 0 Å². The van der Waals surface area contributed by atoms with Gasteiger partial charge < -0.3 is 14.8 Å². The third kappa shape index (κ3) is 4.07. The lowest BCUT2D eigenvalue weighted by Crippen LogP contribution is -2.36. The van der Waals surface area contributed by atoms with Crippen molar-refractivity contribution in [1.82, 2.24) is 5.32 Å². The Kier molecular flexibility index (Phi) is 4.13. The second kappa shape index (κ2) is 5.17. The lowest BCUT2D eigenvalue weighted by molar-refractivity contribution is 0.0516. The molecule has 5 nitrogen and oxygen atoms in total. The minimum absolute atomic E-state index is 0.0671. The van der Waals surface area contributed by atoms with E-state index in [2.05, 4.69) is 11.4 Å². The molecule has 0 aromatic rings. The van der Waals surface area contributed by atoms with Crippen LogP contribution in [0.15, 0.2) is 0 Å². The van der Waals surface area contributed by atoms with Crippen molar-refractivity contribution >= 4 is 6.09 Å². The second-order valence-electron chi connectivity index (χ2n) is 4.92. The highest BCUT2D eigenvalue weighted by Crippen LogP contribution is 2.19. The molecule has 0 saturated carbocycles. The quantitative estimate of drug-likeness (QED) is 0.770. The molecule has 0 aliphatic carbocycles. The zero-order valence-corrected chi connectivity index (χ0v) is 9.95. The number of ether oxygens (including phenoxy) is 2. The van der Waals surface area contributed by atoms with Crippen molar-refractivity contribution in [2.45, 2.75) is 26.4 Å². The van der Waals surface area contributed by atoms with Crippen LogP contribution in [0.4, 0.5) is 4.79 Å². The Hall–Kier alpha value is -1.28. The van der Waals surface area contributed by atoms with Crippen LogP contribution in [0.3, 0.4) is 0 Å². The van der Waals surface area contributed by atoms with Gasteiger partial charge in [-0.2, -0.15) is 5.26 Å². The highest BCUT2D eigenvalue weighted by atomic mass is 16.6. The fourth-order valence-electron chi connectivity index (χ4n) is 1.47. The van der Waals surface area contributed by atoms with Crippen LogP contribution in [-0.4, -0.2) is 31.5 Å². The summed E-state index contributed by atoms with van der Waals surface area (Å²) in [6.45, 7) is 6.83. The van der Waals surface area contributed by atoms with E-state index in [0.29, 0.717) is 19.8 Å². The number of amides is 1. The zero-order chi connectivity index (χ0) is 12.2. The van der Waals surface area contributed by atoms with E-state index in [4.69, 9.17) is 14.7 Å². The van der Waals surface area contributed by atoms with E-state index in [1.54, 1.807) is 0 Å². The Labute approximate surface area is 95.7 Å². The molecule has 1 N–H and O–H groups in total. The van der Waals surface area contributed by atoms with Crippen LogP contribution >= 0.6 is 0 Å². The fraction of sp³-hybridized carbons (Fsp3) is 0.818. The van der Waals surface area contributed by atoms with Crippen molar-refractivity contribution in [2.75, 3.05) is 19.8 Å². The molecule has 0 bridgehead atoms. The number of carbonyl (C=O) groups excluding carboxylic acids is 1. The number of hydrogen-bond acceptors (Lipinski definition) is 4. The topological polar surface area (TPSA) is 71.3 Å². The summed E-state index contributed by atoms with van der Waals surface area (Å²) >= 11 is 0. The van der Waals surface area contributed by atoms with Crippen LogP contribution in [0.5, 0.6) is 0 Å². The fourth-order valence-corrected chi connectivity index (χ4v) is 1.47. The van der Waals surface area contributed by atoms with Gasteiger partial charge in [-0.15, -0.1) is 0 Å².